The van der Waals surface area contributed by atoms with Crippen LogP contribution in [0.3, 0.4) is 0 Å². The van der Waals surface area contributed by atoms with Crippen molar-refractivity contribution in [3.05, 3.63) is 48.0 Å². The van der Waals surface area contributed by atoms with Crippen molar-refractivity contribution in [2.45, 2.75) is 0 Å². The summed E-state index contributed by atoms with van der Waals surface area (Å²) in [6.45, 7) is 0. The Balaban J connectivity index is 1.85. The van der Waals surface area contributed by atoms with Crippen molar-refractivity contribution < 1.29 is 13.9 Å². The van der Waals surface area contributed by atoms with Gasteiger partial charge in [-0.2, -0.15) is 4.98 Å². The van der Waals surface area contributed by atoms with Gasteiger partial charge < -0.3 is 14.9 Å². The zero-order valence-electron chi connectivity index (χ0n) is 11.3. The number of nitrogens with zero attached hydrogens (tertiary/aromatic N) is 1. The number of carbonyl (C=O) groups is 1. The molecule has 3 rings (SSSR count). The Morgan fingerprint density at radius 1 is 1.29 bits per heavy atom. The lowest BCUT2D eigenvalue weighted by molar-refractivity contribution is 0.102. The SMILES string of the molecule is COc1cccc(C(=O)Nc2nc3cc(N)ccc3o2)c1. The summed E-state index contributed by atoms with van der Waals surface area (Å²) in [7, 11) is 1.54. The Morgan fingerprint density at radius 2 is 2.14 bits per heavy atom. The van der Waals surface area contributed by atoms with Gasteiger partial charge in [0.05, 0.1) is 7.11 Å². The van der Waals surface area contributed by atoms with Crippen LogP contribution in [0.15, 0.2) is 46.9 Å². The van der Waals surface area contributed by atoms with Crippen molar-refractivity contribution in [2.24, 2.45) is 0 Å². The van der Waals surface area contributed by atoms with Gasteiger partial charge in [-0.15, -0.1) is 0 Å². The van der Waals surface area contributed by atoms with E-state index in [2.05, 4.69) is 10.3 Å². The number of hydrogen-bond donors (Lipinski definition) is 2. The smallest absolute Gasteiger partial charge is 0.302 e. The predicted molar refractivity (Wildman–Crippen MR) is 79.4 cm³/mol. The summed E-state index contributed by atoms with van der Waals surface area (Å²) >= 11 is 0. The van der Waals surface area contributed by atoms with Crippen molar-refractivity contribution in [1.82, 2.24) is 4.98 Å². The van der Waals surface area contributed by atoms with E-state index in [1.807, 2.05) is 0 Å². The van der Waals surface area contributed by atoms with Gasteiger partial charge in [-0.3, -0.25) is 10.1 Å². The molecule has 1 heterocycles. The van der Waals surface area contributed by atoms with Crippen LogP contribution in [0.2, 0.25) is 0 Å². The van der Waals surface area contributed by atoms with Gasteiger partial charge in [0.1, 0.15) is 11.3 Å². The molecular weight excluding hydrogens is 270 g/mol. The number of aromatic nitrogens is 1. The highest BCUT2D eigenvalue weighted by Crippen LogP contribution is 2.21. The Hall–Kier alpha value is -3.02. The summed E-state index contributed by atoms with van der Waals surface area (Å²) in [5, 5.41) is 2.61. The number of nitrogens with one attached hydrogen (secondary N) is 1. The molecule has 6 nitrogen and oxygen atoms in total. The molecule has 0 fully saturated rings. The largest absolute Gasteiger partial charge is 0.497 e. The maximum absolute atomic E-state index is 12.1. The number of ether oxygens (including phenoxy) is 1. The first-order valence-electron chi connectivity index (χ1n) is 6.27. The summed E-state index contributed by atoms with van der Waals surface area (Å²) < 4.78 is 10.5. The molecule has 0 atom stereocenters. The number of rotatable bonds is 3. The zero-order chi connectivity index (χ0) is 14.8. The van der Waals surface area contributed by atoms with Crippen molar-refractivity contribution >= 4 is 28.7 Å². The second-order valence-corrected chi connectivity index (χ2v) is 4.43. The van der Waals surface area contributed by atoms with E-state index in [0.717, 1.165) is 0 Å². The number of hydrogen-bond acceptors (Lipinski definition) is 5. The fraction of sp³-hybridized carbons (Fsp3) is 0.0667. The molecule has 0 unspecified atom stereocenters. The van der Waals surface area contributed by atoms with Gasteiger partial charge in [0, 0.05) is 11.3 Å². The molecular formula is C15H13N3O3. The van der Waals surface area contributed by atoms with Crippen molar-refractivity contribution in [3.8, 4) is 5.75 Å². The Morgan fingerprint density at radius 3 is 2.95 bits per heavy atom. The average Bonchev–Trinajstić information content (AvgIpc) is 2.88. The van der Waals surface area contributed by atoms with Gasteiger partial charge in [-0.05, 0) is 36.4 Å². The minimum Gasteiger partial charge on any atom is -0.497 e. The number of nitrogen functional groups attached to an aromatic ring is 1. The summed E-state index contributed by atoms with van der Waals surface area (Å²) in [6, 6.07) is 12.0. The van der Waals surface area contributed by atoms with E-state index in [1.165, 1.54) is 0 Å². The standard InChI is InChI=1S/C15H13N3O3/c1-20-11-4-2-3-9(7-11)14(19)18-15-17-12-8-10(16)5-6-13(12)21-15/h2-8H,16H2,1H3,(H,17,18,19). The van der Waals surface area contributed by atoms with Gasteiger partial charge in [0.15, 0.2) is 5.58 Å². The van der Waals surface area contributed by atoms with Crippen LogP contribution in [0, 0.1) is 0 Å². The molecule has 1 amide bonds. The van der Waals surface area contributed by atoms with Crippen molar-refractivity contribution in [2.75, 3.05) is 18.2 Å². The fourth-order valence-electron chi connectivity index (χ4n) is 1.93. The molecule has 3 N–H and O–H groups in total. The lowest BCUT2D eigenvalue weighted by atomic mass is 10.2. The number of amides is 1. The highest BCUT2D eigenvalue weighted by Gasteiger charge is 2.12. The van der Waals surface area contributed by atoms with Crippen LogP contribution in [0.5, 0.6) is 5.75 Å². The van der Waals surface area contributed by atoms with Gasteiger partial charge in [0.2, 0.25) is 0 Å². The lowest BCUT2D eigenvalue weighted by Crippen LogP contribution is -2.12. The maximum atomic E-state index is 12.1. The number of nitrogens with two attached hydrogens (primary N) is 1. The molecule has 0 saturated carbocycles. The number of carbonyl (C=O) groups excluding carboxylic acids is 1. The molecule has 3 aromatic rings. The predicted octanol–water partition coefficient (Wildman–Crippen LogP) is 2.67. The number of methoxy groups -OCH3 is 1. The van der Waals surface area contributed by atoms with Gasteiger partial charge in [-0.25, -0.2) is 0 Å². The highest BCUT2D eigenvalue weighted by atomic mass is 16.5. The Kier molecular flexibility index (Phi) is 3.19. The zero-order valence-corrected chi connectivity index (χ0v) is 11.3. The van der Waals surface area contributed by atoms with Crippen LogP contribution >= 0.6 is 0 Å². The molecule has 0 saturated heterocycles. The Bertz CT molecular complexity index is 811. The quantitative estimate of drug-likeness (QED) is 0.721. The van der Waals surface area contributed by atoms with E-state index in [4.69, 9.17) is 14.9 Å². The number of anilines is 2. The molecule has 0 aliphatic heterocycles. The van der Waals surface area contributed by atoms with E-state index in [-0.39, 0.29) is 11.9 Å². The number of fused-ring (bicyclic) bond motifs is 1. The van der Waals surface area contributed by atoms with Crippen LogP contribution in [-0.4, -0.2) is 18.0 Å². The van der Waals surface area contributed by atoms with E-state index < -0.39 is 0 Å². The third kappa shape index (κ3) is 2.64. The minimum absolute atomic E-state index is 0.128. The summed E-state index contributed by atoms with van der Waals surface area (Å²) in [5.74, 6) is 0.279. The molecule has 0 aliphatic rings. The molecule has 21 heavy (non-hydrogen) atoms. The summed E-state index contributed by atoms with van der Waals surface area (Å²) in [5.41, 5.74) is 7.87. The molecule has 0 bridgehead atoms. The van der Waals surface area contributed by atoms with Crippen LogP contribution in [-0.2, 0) is 0 Å². The summed E-state index contributed by atoms with van der Waals surface area (Å²) in [6.07, 6.45) is 0. The maximum Gasteiger partial charge on any atom is 0.302 e. The van der Waals surface area contributed by atoms with Crippen LogP contribution in [0.25, 0.3) is 11.1 Å². The second kappa shape index (κ2) is 5.16. The van der Waals surface area contributed by atoms with Crippen molar-refractivity contribution in [3.63, 3.8) is 0 Å². The molecule has 2 aromatic carbocycles. The minimum atomic E-state index is -0.326. The topological polar surface area (TPSA) is 90.4 Å². The first-order chi connectivity index (χ1) is 10.2. The van der Waals surface area contributed by atoms with Crippen LogP contribution in [0.1, 0.15) is 10.4 Å². The van der Waals surface area contributed by atoms with E-state index in [9.17, 15) is 4.79 Å². The molecule has 1 aromatic heterocycles. The molecule has 6 heteroatoms. The average molecular weight is 283 g/mol. The molecule has 0 radical (unpaired) electrons. The third-order valence-electron chi connectivity index (χ3n) is 2.96. The second-order valence-electron chi connectivity index (χ2n) is 4.43. The van der Waals surface area contributed by atoms with E-state index in [1.54, 1.807) is 49.6 Å². The van der Waals surface area contributed by atoms with E-state index >= 15 is 0 Å². The molecule has 0 aliphatic carbocycles. The fourth-order valence-corrected chi connectivity index (χ4v) is 1.93. The van der Waals surface area contributed by atoms with Crippen molar-refractivity contribution in [1.29, 1.82) is 0 Å². The summed E-state index contributed by atoms with van der Waals surface area (Å²) in [4.78, 5) is 16.3. The van der Waals surface area contributed by atoms with E-state index in [0.29, 0.717) is 28.1 Å². The van der Waals surface area contributed by atoms with Crippen LogP contribution in [0.4, 0.5) is 11.7 Å². The van der Waals surface area contributed by atoms with Gasteiger partial charge >= 0.3 is 6.01 Å². The first-order valence-corrected chi connectivity index (χ1v) is 6.27. The normalized spacial score (nSPS) is 10.5. The highest BCUT2D eigenvalue weighted by molar-refractivity contribution is 6.03. The van der Waals surface area contributed by atoms with Crippen LogP contribution < -0.4 is 15.8 Å². The van der Waals surface area contributed by atoms with Gasteiger partial charge in [-0.1, -0.05) is 6.07 Å². The lowest BCUT2D eigenvalue weighted by Gasteiger charge is -2.03. The monoisotopic (exact) mass is 283 g/mol. The Labute approximate surface area is 120 Å². The number of oxazole rings is 1. The first kappa shape index (κ1) is 13.0. The molecule has 0 spiro atoms. The molecule has 106 valence electrons. The number of benzene rings is 2. The van der Waals surface area contributed by atoms with Gasteiger partial charge in [0.25, 0.3) is 5.91 Å². The third-order valence-corrected chi connectivity index (χ3v) is 2.96.